The summed E-state index contributed by atoms with van der Waals surface area (Å²) in [4.78, 5) is 9.84. The molecule has 0 saturated heterocycles. The molecular formula is C38H22N4O2. The van der Waals surface area contributed by atoms with Crippen LogP contribution in [0.1, 0.15) is 0 Å². The molecule has 0 N–H and O–H groups in total. The predicted octanol–water partition coefficient (Wildman–Crippen LogP) is 9.83. The number of hydrogen-bond donors (Lipinski definition) is 0. The van der Waals surface area contributed by atoms with Crippen molar-refractivity contribution in [3.63, 3.8) is 0 Å². The van der Waals surface area contributed by atoms with E-state index >= 15 is 0 Å². The first-order valence-corrected chi connectivity index (χ1v) is 14.6. The zero-order valence-electron chi connectivity index (χ0n) is 23.3. The van der Waals surface area contributed by atoms with Gasteiger partial charge < -0.3 is 13.4 Å². The smallest absolute Gasteiger partial charge is 0.307 e. The molecule has 6 aromatic carbocycles. The molecule has 0 saturated carbocycles. The van der Waals surface area contributed by atoms with E-state index < -0.39 is 0 Å². The molecule has 0 aliphatic heterocycles. The van der Waals surface area contributed by atoms with Gasteiger partial charge in [0.15, 0.2) is 11.2 Å². The molecule has 6 heteroatoms. The van der Waals surface area contributed by atoms with Crippen molar-refractivity contribution in [2.45, 2.75) is 0 Å². The third-order valence-electron chi connectivity index (χ3n) is 8.60. The van der Waals surface area contributed by atoms with E-state index in [9.17, 15) is 0 Å². The van der Waals surface area contributed by atoms with Gasteiger partial charge in [-0.3, -0.25) is 4.57 Å². The van der Waals surface area contributed by atoms with Crippen molar-refractivity contribution in [1.29, 1.82) is 0 Å². The van der Waals surface area contributed by atoms with E-state index in [1.54, 1.807) is 0 Å². The summed E-state index contributed by atoms with van der Waals surface area (Å²) in [6, 6.07) is 46.3. The van der Waals surface area contributed by atoms with E-state index in [1.807, 2.05) is 36.4 Å². The number of oxazole rings is 2. The maximum absolute atomic E-state index is 6.30. The largest absolute Gasteiger partial charge is 0.436 e. The summed E-state index contributed by atoms with van der Waals surface area (Å²) in [6.45, 7) is 0. The molecule has 0 unspecified atom stereocenters. The number of benzene rings is 6. The Kier molecular flexibility index (Phi) is 4.63. The Hall–Kier alpha value is -6.14. The van der Waals surface area contributed by atoms with Gasteiger partial charge in [0.25, 0.3) is 0 Å². The lowest BCUT2D eigenvalue weighted by molar-refractivity contribution is 0.574. The minimum Gasteiger partial charge on any atom is -0.436 e. The van der Waals surface area contributed by atoms with E-state index in [1.165, 1.54) is 10.8 Å². The van der Waals surface area contributed by atoms with Crippen molar-refractivity contribution in [3.8, 4) is 23.2 Å². The molecule has 0 amide bonds. The lowest BCUT2D eigenvalue weighted by Crippen LogP contribution is -1.93. The van der Waals surface area contributed by atoms with Crippen LogP contribution in [0.15, 0.2) is 142 Å². The normalized spacial score (nSPS) is 12.1. The highest BCUT2D eigenvalue weighted by molar-refractivity contribution is 6.10. The Morgan fingerprint density at radius 1 is 0.432 bits per heavy atom. The molecule has 0 atom stereocenters. The van der Waals surface area contributed by atoms with Crippen LogP contribution >= 0.6 is 0 Å². The Bertz CT molecular complexity index is 2520. The fourth-order valence-electron chi connectivity index (χ4n) is 6.65. The zero-order valence-corrected chi connectivity index (χ0v) is 23.3. The maximum atomic E-state index is 6.30. The molecule has 10 aromatic rings. The van der Waals surface area contributed by atoms with Gasteiger partial charge in [-0.25, -0.2) is 4.98 Å². The van der Waals surface area contributed by atoms with Crippen molar-refractivity contribution >= 4 is 65.8 Å². The third-order valence-corrected chi connectivity index (χ3v) is 8.60. The summed E-state index contributed by atoms with van der Waals surface area (Å²) < 4.78 is 16.9. The number of para-hydroxylation sites is 4. The lowest BCUT2D eigenvalue weighted by Gasteiger charge is -2.07. The summed E-state index contributed by atoms with van der Waals surface area (Å²) in [5.74, 6) is 0.544. The summed E-state index contributed by atoms with van der Waals surface area (Å²) in [6.07, 6.45) is 0. The van der Waals surface area contributed by atoms with Crippen LogP contribution in [0, 0.1) is 0 Å². The zero-order chi connectivity index (χ0) is 28.8. The first kappa shape index (κ1) is 23.4. The number of rotatable bonds is 3. The number of hydrogen-bond acceptors (Lipinski definition) is 4. The molecule has 4 heterocycles. The van der Waals surface area contributed by atoms with Gasteiger partial charge in [0.1, 0.15) is 11.0 Å². The monoisotopic (exact) mass is 566 g/mol. The highest BCUT2D eigenvalue weighted by Gasteiger charge is 2.18. The summed E-state index contributed by atoms with van der Waals surface area (Å²) in [5, 5.41) is 4.78. The van der Waals surface area contributed by atoms with Gasteiger partial charge in [-0.2, -0.15) is 4.98 Å². The SMILES string of the molecule is c1ccc2c(c1)c1ccccc1n2-c1ccc2oc(-c3ccc4oc(-n5c6ccccc6c6ccccc65)nc4c3)nc2c1. The minimum atomic E-state index is 0.530. The minimum absolute atomic E-state index is 0.530. The Balaban J connectivity index is 1.09. The Labute approximate surface area is 250 Å². The predicted molar refractivity (Wildman–Crippen MR) is 176 cm³/mol. The standard InChI is InChI=1S/C38H22N4O2/c1-5-13-31-25(9-1)26-10-2-6-14-32(26)41(31)24-18-20-35-30(22-24)39-37(43-35)23-17-19-36-29(21-23)40-38(44-36)42-33-15-7-3-11-27(33)28-12-4-8-16-34(28)42/h1-22H. The molecule has 206 valence electrons. The average Bonchev–Trinajstić information content (AvgIpc) is 3.84. The van der Waals surface area contributed by atoms with Crippen molar-refractivity contribution in [2.24, 2.45) is 0 Å². The van der Waals surface area contributed by atoms with E-state index in [4.69, 9.17) is 18.8 Å². The van der Waals surface area contributed by atoms with Gasteiger partial charge in [0, 0.05) is 32.8 Å². The molecule has 0 spiro atoms. The molecule has 0 bridgehead atoms. The summed E-state index contributed by atoms with van der Waals surface area (Å²) in [5.41, 5.74) is 9.28. The maximum Gasteiger partial charge on any atom is 0.307 e. The summed E-state index contributed by atoms with van der Waals surface area (Å²) in [7, 11) is 0. The van der Waals surface area contributed by atoms with Crippen molar-refractivity contribution in [2.75, 3.05) is 0 Å². The van der Waals surface area contributed by atoms with E-state index in [-0.39, 0.29) is 0 Å². The quantitative estimate of drug-likeness (QED) is 0.214. The molecule has 0 aliphatic carbocycles. The first-order valence-electron chi connectivity index (χ1n) is 14.6. The number of fused-ring (bicyclic) bond motifs is 8. The molecule has 10 rings (SSSR count). The molecule has 6 nitrogen and oxygen atoms in total. The van der Waals surface area contributed by atoms with Crippen molar-refractivity contribution in [1.82, 2.24) is 19.1 Å². The fraction of sp³-hybridized carbons (Fsp3) is 0. The Morgan fingerprint density at radius 2 is 0.932 bits per heavy atom. The number of aromatic nitrogens is 4. The van der Waals surface area contributed by atoms with Crippen LogP contribution in [-0.4, -0.2) is 19.1 Å². The fourth-order valence-corrected chi connectivity index (χ4v) is 6.65. The van der Waals surface area contributed by atoms with E-state index in [0.29, 0.717) is 17.5 Å². The highest BCUT2D eigenvalue weighted by Crippen LogP contribution is 2.36. The third kappa shape index (κ3) is 3.25. The van der Waals surface area contributed by atoms with Crippen LogP contribution in [0.2, 0.25) is 0 Å². The first-order chi connectivity index (χ1) is 21.8. The van der Waals surface area contributed by atoms with Crippen molar-refractivity contribution < 1.29 is 8.83 Å². The number of nitrogens with zero attached hydrogens (tertiary/aromatic N) is 4. The van der Waals surface area contributed by atoms with E-state index in [2.05, 4.69) is 106 Å². The molecule has 0 fully saturated rings. The van der Waals surface area contributed by atoms with Crippen LogP contribution in [0.4, 0.5) is 0 Å². The second-order valence-electron chi connectivity index (χ2n) is 11.1. The summed E-state index contributed by atoms with van der Waals surface area (Å²) >= 11 is 0. The molecule has 44 heavy (non-hydrogen) atoms. The van der Waals surface area contributed by atoms with Gasteiger partial charge in [-0.05, 0) is 60.7 Å². The Morgan fingerprint density at radius 3 is 1.55 bits per heavy atom. The van der Waals surface area contributed by atoms with Gasteiger partial charge in [0.2, 0.25) is 5.89 Å². The molecular weight excluding hydrogens is 544 g/mol. The molecule has 0 aliphatic rings. The average molecular weight is 567 g/mol. The van der Waals surface area contributed by atoms with Crippen LogP contribution < -0.4 is 0 Å². The highest BCUT2D eigenvalue weighted by atomic mass is 16.4. The second-order valence-corrected chi connectivity index (χ2v) is 11.1. The van der Waals surface area contributed by atoms with Crippen molar-refractivity contribution in [3.05, 3.63) is 133 Å². The van der Waals surface area contributed by atoms with Gasteiger partial charge in [0.05, 0.1) is 22.1 Å². The van der Waals surface area contributed by atoms with Gasteiger partial charge >= 0.3 is 6.01 Å². The van der Waals surface area contributed by atoms with Gasteiger partial charge in [-0.1, -0.05) is 72.8 Å². The topological polar surface area (TPSA) is 61.9 Å². The second kappa shape index (κ2) is 8.69. The van der Waals surface area contributed by atoms with Crippen LogP contribution in [0.25, 0.3) is 89.0 Å². The van der Waals surface area contributed by atoms with Crippen LogP contribution in [-0.2, 0) is 0 Å². The molecule has 0 radical (unpaired) electrons. The van der Waals surface area contributed by atoms with E-state index in [0.717, 1.165) is 60.7 Å². The van der Waals surface area contributed by atoms with Gasteiger partial charge in [-0.15, -0.1) is 0 Å². The van der Waals surface area contributed by atoms with Crippen LogP contribution in [0.3, 0.4) is 0 Å². The molecule has 4 aromatic heterocycles. The lowest BCUT2D eigenvalue weighted by atomic mass is 10.2. The van der Waals surface area contributed by atoms with Crippen LogP contribution in [0.5, 0.6) is 0 Å².